The molecule has 0 radical (unpaired) electrons. The fourth-order valence-electron chi connectivity index (χ4n) is 2.43. The molecule has 1 unspecified atom stereocenters. The number of nitrogens with one attached hydrogen (secondary N) is 1. The third kappa shape index (κ3) is 3.25. The Morgan fingerprint density at radius 1 is 1.40 bits per heavy atom. The lowest BCUT2D eigenvalue weighted by Gasteiger charge is -2.19. The molecule has 0 aliphatic carbocycles. The van der Waals surface area contributed by atoms with E-state index >= 15 is 0 Å². The number of hydrogen-bond donors (Lipinski definition) is 1. The maximum atomic E-state index is 6.38. The van der Waals surface area contributed by atoms with Crippen molar-refractivity contribution in [2.24, 2.45) is 7.05 Å². The minimum atomic E-state index is 0.300. The molecule has 0 aliphatic heterocycles. The number of hydrogen-bond acceptors (Lipinski definition) is 3. The average Bonchev–Trinajstić information content (AvgIpc) is 2.93. The third-order valence-electron chi connectivity index (χ3n) is 3.57. The Hall–Kier alpha value is -0.840. The van der Waals surface area contributed by atoms with Crippen molar-refractivity contribution in [2.75, 3.05) is 6.54 Å². The summed E-state index contributed by atoms with van der Waals surface area (Å²) in [7, 11) is 1.96. The van der Waals surface area contributed by atoms with E-state index in [1.54, 1.807) is 11.3 Å². The highest BCUT2D eigenvalue weighted by atomic mass is 35.5. The molecule has 1 N–H and O–H groups in total. The first-order valence-corrected chi connectivity index (χ1v) is 8.30. The fourth-order valence-corrected chi connectivity index (χ4v) is 3.58. The van der Waals surface area contributed by atoms with Gasteiger partial charge < -0.3 is 5.32 Å². The maximum absolute atomic E-state index is 6.38. The summed E-state index contributed by atoms with van der Waals surface area (Å²) in [6.07, 6.45) is 1.99. The zero-order chi connectivity index (χ0) is 14.7. The molecule has 0 aliphatic rings. The molecular weight excluding hydrogens is 290 g/mol. The van der Waals surface area contributed by atoms with Crippen LogP contribution < -0.4 is 5.32 Å². The fraction of sp³-hybridized carbons (Fsp3) is 0.533. The third-order valence-corrected chi connectivity index (χ3v) is 4.94. The van der Waals surface area contributed by atoms with Crippen LogP contribution in [-0.2, 0) is 13.5 Å². The highest BCUT2D eigenvalue weighted by Gasteiger charge is 2.19. The van der Waals surface area contributed by atoms with Crippen LogP contribution in [0.2, 0.25) is 5.02 Å². The van der Waals surface area contributed by atoms with Gasteiger partial charge in [-0.3, -0.25) is 4.68 Å². The normalized spacial score (nSPS) is 12.8. The van der Waals surface area contributed by atoms with Crippen molar-refractivity contribution in [1.29, 1.82) is 0 Å². The van der Waals surface area contributed by atoms with Gasteiger partial charge in [0, 0.05) is 19.5 Å². The van der Waals surface area contributed by atoms with Crippen LogP contribution in [0.3, 0.4) is 0 Å². The van der Waals surface area contributed by atoms with Gasteiger partial charge in [0.05, 0.1) is 16.4 Å². The first kappa shape index (κ1) is 15.5. The van der Waals surface area contributed by atoms with Crippen LogP contribution in [-0.4, -0.2) is 16.3 Å². The summed E-state index contributed by atoms with van der Waals surface area (Å²) >= 11 is 8.14. The average molecular weight is 312 g/mol. The van der Waals surface area contributed by atoms with Crippen molar-refractivity contribution in [1.82, 2.24) is 15.1 Å². The van der Waals surface area contributed by atoms with E-state index < -0.39 is 0 Å². The number of aryl methyl sites for hydroxylation is 3. The van der Waals surface area contributed by atoms with Gasteiger partial charge in [0.25, 0.3) is 0 Å². The molecule has 0 fully saturated rings. The lowest BCUT2D eigenvalue weighted by atomic mass is 10.0. The van der Waals surface area contributed by atoms with Crippen molar-refractivity contribution in [3.05, 3.63) is 38.3 Å². The van der Waals surface area contributed by atoms with Crippen molar-refractivity contribution >= 4 is 22.9 Å². The van der Waals surface area contributed by atoms with Gasteiger partial charge in [0.15, 0.2) is 0 Å². The molecule has 2 aromatic rings. The Morgan fingerprint density at radius 3 is 2.65 bits per heavy atom. The summed E-state index contributed by atoms with van der Waals surface area (Å²) in [5, 5.41) is 13.3. The zero-order valence-corrected chi connectivity index (χ0v) is 14.1. The van der Waals surface area contributed by atoms with Crippen molar-refractivity contribution in [3.8, 4) is 0 Å². The first-order chi connectivity index (χ1) is 9.54. The minimum Gasteiger partial charge on any atom is -0.310 e. The molecular formula is C15H22ClN3S. The molecule has 0 aromatic carbocycles. The Balaban J connectivity index is 2.26. The predicted octanol–water partition coefficient (Wildman–Crippen LogP) is 4.04. The molecule has 0 spiro atoms. The first-order valence-electron chi connectivity index (χ1n) is 6.98. The molecule has 1 atom stereocenters. The molecule has 0 amide bonds. The second-order valence-electron chi connectivity index (χ2n) is 5.19. The molecule has 20 heavy (non-hydrogen) atoms. The van der Waals surface area contributed by atoms with Crippen LogP contribution in [0.25, 0.3) is 0 Å². The number of halogens is 1. The maximum Gasteiger partial charge on any atom is 0.0847 e. The van der Waals surface area contributed by atoms with Crippen molar-refractivity contribution in [3.63, 3.8) is 0 Å². The number of thiophene rings is 1. The molecule has 2 aromatic heterocycles. The monoisotopic (exact) mass is 311 g/mol. The van der Waals surface area contributed by atoms with Crippen molar-refractivity contribution < 1.29 is 0 Å². The van der Waals surface area contributed by atoms with Gasteiger partial charge in [-0.05, 0) is 48.7 Å². The van der Waals surface area contributed by atoms with Crippen LogP contribution >= 0.6 is 22.9 Å². The molecule has 2 rings (SSSR count). The largest absolute Gasteiger partial charge is 0.310 e. The number of nitrogens with zero attached hydrogens (tertiary/aromatic N) is 2. The van der Waals surface area contributed by atoms with Crippen LogP contribution in [0.4, 0.5) is 0 Å². The summed E-state index contributed by atoms with van der Waals surface area (Å²) in [5.41, 5.74) is 4.72. The Labute approximate surface area is 130 Å². The number of rotatable bonds is 6. The summed E-state index contributed by atoms with van der Waals surface area (Å²) in [6.45, 7) is 7.32. The van der Waals surface area contributed by atoms with E-state index in [2.05, 4.69) is 35.0 Å². The topological polar surface area (TPSA) is 29.9 Å². The van der Waals surface area contributed by atoms with E-state index in [0.29, 0.717) is 6.04 Å². The van der Waals surface area contributed by atoms with Gasteiger partial charge in [-0.15, -0.1) is 0 Å². The number of aromatic nitrogens is 2. The SMILES string of the molecule is CCCNC(Cc1c(Cl)c(C)nn1C)c1cscc1C. The van der Waals surface area contributed by atoms with Gasteiger partial charge in [-0.1, -0.05) is 18.5 Å². The summed E-state index contributed by atoms with van der Waals surface area (Å²) in [4.78, 5) is 0. The molecule has 5 heteroatoms. The van der Waals surface area contributed by atoms with E-state index in [1.807, 2.05) is 18.7 Å². The molecule has 110 valence electrons. The van der Waals surface area contributed by atoms with Gasteiger partial charge >= 0.3 is 0 Å². The Morgan fingerprint density at radius 2 is 2.15 bits per heavy atom. The smallest absolute Gasteiger partial charge is 0.0847 e. The quantitative estimate of drug-likeness (QED) is 0.872. The molecule has 0 bridgehead atoms. The van der Waals surface area contributed by atoms with Gasteiger partial charge in [0.2, 0.25) is 0 Å². The van der Waals surface area contributed by atoms with Gasteiger partial charge in [-0.2, -0.15) is 16.4 Å². The van der Waals surface area contributed by atoms with Crippen LogP contribution in [0.5, 0.6) is 0 Å². The van der Waals surface area contributed by atoms with Crippen LogP contribution in [0, 0.1) is 13.8 Å². The summed E-state index contributed by atoms with van der Waals surface area (Å²) < 4.78 is 1.90. The lowest BCUT2D eigenvalue weighted by molar-refractivity contribution is 0.511. The Bertz CT molecular complexity index is 574. The minimum absolute atomic E-state index is 0.300. The second kappa shape index (κ2) is 6.74. The molecule has 3 nitrogen and oxygen atoms in total. The van der Waals surface area contributed by atoms with Crippen LogP contribution in [0.1, 0.15) is 41.9 Å². The summed E-state index contributed by atoms with van der Waals surface area (Å²) in [5.74, 6) is 0. The van der Waals surface area contributed by atoms with E-state index in [-0.39, 0.29) is 0 Å². The molecule has 2 heterocycles. The highest BCUT2D eigenvalue weighted by Crippen LogP contribution is 2.28. The highest BCUT2D eigenvalue weighted by molar-refractivity contribution is 7.08. The lowest BCUT2D eigenvalue weighted by Crippen LogP contribution is -2.25. The van der Waals surface area contributed by atoms with E-state index in [4.69, 9.17) is 11.6 Å². The summed E-state index contributed by atoms with van der Waals surface area (Å²) in [6, 6.07) is 0.300. The zero-order valence-electron chi connectivity index (χ0n) is 12.5. The van der Waals surface area contributed by atoms with Crippen molar-refractivity contribution in [2.45, 2.75) is 39.7 Å². The van der Waals surface area contributed by atoms with Gasteiger partial charge in [0.1, 0.15) is 0 Å². The van der Waals surface area contributed by atoms with E-state index in [1.165, 1.54) is 11.1 Å². The molecule has 0 saturated carbocycles. The predicted molar refractivity (Wildman–Crippen MR) is 86.7 cm³/mol. The molecule has 0 saturated heterocycles. The van der Waals surface area contributed by atoms with Gasteiger partial charge in [-0.25, -0.2) is 0 Å². The van der Waals surface area contributed by atoms with Crippen LogP contribution in [0.15, 0.2) is 10.8 Å². The van der Waals surface area contributed by atoms with E-state index in [9.17, 15) is 0 Å². The van der Waals surface area contributed by atoms with E-state index in [0.717, 1.165) is 35.8 Å². The second-order valence-corrected chi connectivity index (χ2v) is 6.31. The standard InChI is InChI=1S/C15H22ClN3S/c1-5-6-17-13(12-9-20-8-10(12)2)7-14-15(16)11(3)18-19(14)4/h8-9,13,17H,5-7H2,1-4H3. The Kier molecular flexibility index (Phi) is 5.24.